The second-order valence-corrected chi connectivity index (χ2v) is 8.26. The van der Waals surface area contributed by atoms with Crippen LogP contribution in [0.1, 0.15) is 53.1 Å². The molecule has 2 aromatic heterocycles. The van der Waals surface area contributed by atoms with E-state index in [1.54, 1.807) is 23.6 Å². The summed E-state index contributed by atoms with van der Waals surface area (Å²) in [6.45, 7) is 4.26. The van der Waals surface area contributed by atoms with Gasteiger partial charge in [-0.25, -0.2) is 4.98 Å². The number of nitrogens with zero attached hydrogens (tertiary/aromatic N) is 3. The predicted octanol–water partition coefficient (Wildman–Crippen LogP) is 3.67. The lowest BCUT2D eigenvalue weighted by molar-refractivity contribution is -0.145. The number of nitriles is 1. The number of fused-ring (bicyclic) bond motifs is 3. The fraction of sp³-hybridized carbons (Fsp3) is 0.364. The number of carbonyl (C=O) groups excluding carboxylic acids is 1. The van der Waals surface area contributed by atoms with Gasteiger partial charge in [0.15, 0.2) is 0 Å². The van der Waals surface area contributed by atoms with Gasteiger partial charge in [-0.1, -0.05) is 12.1 Å². The second kappa shape index (κ2) is 7.80. The van der Waals surface area contributed by atoms with Crippen molar-refractivity contribution in [1.82, 2.24) is 9.55 Å². The molecule has 1 aliphatic rings. The SMILES string of the molecule is CCOC(=O)C1CCCc2sc3nc(C)n(Cc4cccc(C#N)c4)c(=O)c3c21. The number of aryl methyl sites for hydroxylation is 2. The first kappa shape index (κ1) is 19.3. The first-order chi connectivity index (χ1) is 14.0. The van der Waals surface area contributed by atoms with Crippen LogP contribution >= 0.6 is 11.3 Å². The molecule has 6 nitrogen and oxygen atoms in total. The summed E-state index contributed by atoms with van der Waals surface area (Å²) in [5.74, 6) is -0.0439. The molecule has 0 saturated carbocycles. The van der Waals surface area contributed by atoms with E-state index in [0.717, 1.165) is 28.8 Å². The largest absolute Gasteiger partial charge is 0.466 e. The quantitative estimate of drug-likeness (QED) is 0.616. The van der Waals surface area contributed by atoms with Crippen molar-refractivity contribution in [1.29, 1.82) is 5.26 Å². The minimum Gasteiger partial charge on any atom is -0.466 e. The highest BCUT2D eigenvalue weighted by Crippen LogP contribution is 2.41. The van der Waals surface area contributed by atoms with E-state index >= 15 is 0 Å². The molecule has 4 rings (SSSR count). The molecule has 1 atom stereocenters. The molecule has 1 unspecified atom stereocenters. The smallest absolute Gasteiger partial charge is 0.313 e. The lowest BCUT2D eigenvalue weighted by atomic mass is 9.86. The zero-order valence-electron chi connectivity index (χ0n) is 16.4. The van der Waals surface area contributed by atoms with E-state index in [9.17, 15) is 9.59 Å². The number of hydrogen-bond acceptors (Lipinski definition) is 6. The van der Waals surface area contributed by atoms with Crippen molar-refractivity contribution in [3.05, 3.63) is 62.0 Å². The molecule has 3 aromatic rings. The highest BCUT2D eigenvalue weighted by Gasteiger charge is 2.33. The molecule has 29 heavy (non-hydrogen) atoms. The van der Waals surface area contributed by atoms with E-state index < -0.39 is 5.92 Å². The van der Waals surface area contributed by atoms with Crippen molar-refractivity contribution < 1.29 is 9.53 Å². The van der Waals surface area contributed by atoms with E-state index in [4.69, 9.17) is 10.00 Å². The van der Waals surface area contributed by atoms with Crippen molar-refractivity contribution >= 4 is 27.5 Å². The molecule has 0 radical (unpaired) electrons. The summed E-state index contributed by atoms with van der Waals surface area (Å²) in [4.78, 5) is 32.5. The first-order valence-corrected chi connectivity index (χ1v) is 10.5. The summed E-state index contributed by atoms with van der Waals surface area (Å²) in [5.41, 5.74) is 2.09. The molecule has 148 valence electrons. The van der Waals surface area contributed by atoms with Gasteiger partial charge in [-0.3, -0.25) is 14.2 Å². The molecule has 1 aromatic carbocycles. The van der Waals surface area contributed by atoms with E-state index in [1.165, 1.54) is 11.3 Å². The maximum atomic E-state index is 13.5. The second-order valence-electron chi connectivity index (χ2n) is 7.18. The van der Waals surface area contributed by atoms with Crippen LogP contribution in [0, 0.1) is 18.3 Å². The van der Waals surface area contributed by atoms with Crippen LogP contribution in [0.25, 0.3) is 10.2 Å². The number of esters is 1. The number of rotatable bonds is 4. The Hall–Kier alpha value is -2.98. The van der Waals surface area contributed by atoms with Crippen LogP contribution in [0.5, 0.6) is 0 Å². The van der Waals surface area contributed by atoms with Crippen LogP contribution in [0.2, 0.25) is 0 Å². The Bertz CT molecular complexity index is 1200. The molecule has 0 amide bonds. The van der Waals surface area contributed by atoms with Gasteiger partial charge in [0.2, 0.25) is 0 Å². The Labute approximate surface area is 172 Å². The average molecular weight is 407 g/mol. The monoisotopic (exact) mass is 407 g/mol. The minimum atomic E-state index is -0.403. The molecule has 0 fully saturated rings. The summed E-state index contributed by atoms with van der Waals surface area (Å²) in [5, 5.41) is 9.68. The van der Waals surface area contributed by atoms with Crippen molar-refractivity contribution in [2.24, 2.45) is 0 Å². The summed E-state index contributed by atoms with van der Waals surface area (Å²) in [6, 6.07) is 9.34. The molecular formula is C22H21N3O3S. The van der Waals surface area contributed by atoms with E-state index in [2.05, 4.69) is 11.1 Å². The highest BCUT2D eigenvalue weighted by atomic mass is 32.1. The maximum Gasteiger partial charge on any atom is 0.313 e. The van der Waals surface area contributed by atoms with Gasteiger partial charge in [-0.2, -0.15) is 5.26 Å². The molecule has 0 bridgehead atoms. The fourth-order valence-electron chi connectivity index (χ4n) is 4.00. The van der Waals surface area contributed by atoms with Crippen LogP contribution in [-0.2, 0) is 22.5 Å². The lowest BCUT2D eigenvalue weighted by Gasteiger charge is -2.21. The molecule has 0 aliphatic heterocycles. The fourth-order valence-corrected chi connectivity index (χ4v) is 5.32. The van der Waals surface area contributed by atoms with Crippen LogP contribution in [-0.4, -0.2) is 22.1 Å². The number of thiophene rings is 1. The Balaban J connectivity index is 1.86. The Kier molecular flexibility index (Phi) is 5.20. The van der Waals surface area contributed by atoms with Gasteiger partial charge in [-0.15, -0.1) is 11.3 Å². The average Bonchev–Trinajstić information content (AvgIpc) is 3.09. The maximum absolute atomic E-state index is 13.5. The van der Waals surface area contributed by atoms with Gasteiger partial charge >= 0.3 is 5.97 Å². The van der Waals surface area contributed by atoms with Crippen LogP contribution in [0.4, 0.5) is 0 Å². The highest BCUT2D eigenvalue weighted by molar-refractivity contribution is 7.18. The number of benzene rings is 1. The van der Waals surface area contributed by atoms with Crippen molar-refractivity contribution in [2.75, 3.05) is 6.61 Å². The number of ether oxygens (including phenoxy) is 1. The summed E-state index contributed by atoms with van der Waals surface area (Å²) >= 11 is 1.51. The zero-order valence-corrected chi connectivity index (χ0v) is 17.2. The van der Waals surface area contributed by atoms with E-state index in [0.29, 0.717) is 41.2 Å². The summed E-state index contributed by atoms with van der Waals surface area (Å²) < 4.78 is 6.90. The Morgan fingerprint density at radius 1 is 1.45 bits per heavy atom. The molecule has 7 heteroatoms. The molecule has 0 saturated heterocycles. The zero-order chi connectivity index (χ0) is 20.5. The molecule has 0 spiro atoms. The van der Waals surface area contributed by atoms with Crippen molar-refractivity contribution in [3.8, 4) is 6.07 Å². The first-order valence-electron chi connectivity index (χ1n) is 9.71. The number of aromatic nitrogens is 2. The molecular weight excluding hydrogens is 386 g/mol. The predicted molar refractivity (Wildman–Crippen MR) is 111 cm³/mol. The summed E-state index contributed by atoms with van der Waals surface area (Å²) in [6.07, 6.45) is 2.45. The lowest BCUT2D eigenvalue weighted by Crippen LogP contribution is -2.27. The van der Waals surface area contributed by atoms with E-state index in [-0.39, 0.29) is 11.5 Å². The standard InChI is InChI=1S/C22H21N3O3S/c1-3-28-22(27)16-8-5-9-17-18(16)19-20(29-17)24-13(2)25(21(19)26)12-15-7-4-6-14(10-15)11-23/h4,6-7,10,16H,3,5,8-9,12H2,1-2H3. The van der Waals surface area contributed by atoms with Gasteiger partial charge in [0.25, 0.3) is 5.56 Å². The topological polar surface area (TPSA) is 85.0 Å². The van der Waals surface area contributed by atoms with Gasteiger partial charge in [0.05, 0.1) is 36.1 Å². The van der Waals surface area contributed by atoms with Crippen LogP contribution in [0.3, 0.4) is 0 Å². The van der Waals surface area contributed by atoms with Gasteiger partial charge < -0.3 is 4.74 Å². The molecule has 2 heterocycles. The molecule has 1 aliphatic carbocycles. The van der Waals surface area contributed by atoms with Crippen LogP contribution < -0.4 is 5.56 Å². The number of hydrogen-bond donors (Lipinski definition) is 0. The van der Waals surface area contributed by atoms with Gasteiger partial charge in [-0.05, 0) is 56.4 Å². The summed E-state index contributed by atoms with van der Waals surface area (Å²) in [7, 11) is 0. The van der Waals surface area contributed by atoms with E-state index in [1.807, 2.05) is 19.1 Å². The normalized spacial score (nSPS) is 15.7. The Morgan fingerprint density at radius 2 is 2.28 bits per heavy atom. The molecule has 0 N–H and O–H groups in total. The third kappa shape index (κ3) is 3.45. The minimum absolute atomic E-state index is 0.136. The van der Waals surface area contributed by atoms with Gasteiger partial charge in [0, 0.05) is 4.88 Å². The van der Waals surface area contributed by atoms with Crippen molar-refractivity contribution in [3.63, 3.8) is 0 Å². The number of carbonyl (C=O) groups is 1. The van der Waals surface area contributed by atoms with Crippen molar-refractivity contribution in [2.45, 2.75) is 45.6 Å². The Morgan fingerprint density at radius 3 is 3.03 bits per heavy atom. The third-order valence-electron chi connectivity index (χ3n) is 5.33. The van der Waals surface area contributed by atoms with Crippen LogP contribution in [0.15, 0.2) is 29.1 Å². The van der Waals surface area contributed by atoms with Gasteiger partial charge in [0.1, 0.15) is 10.7 Å². The third-order valence-corrected chi connectivity index (χ3v) is 6.49.